The second-order valence-electron chi connectivity index (χ2n) is 14.9. The lowest BCUT2D eigenvalue weighted by Crippen LogP contribution is -2.47. The van der Waals surface area contributed by atoms with E-state index in [0.717, 1.165) is 35.3 Å². The summed E-state index contributed by atoms with van der Waals surface area (Å²) in [6.45, 7) is 11.0. The number of amides is 2. The molecule has 12 heteroatoms. The van der Waals surface area contributed by atoms with Crippen molar-refractivity contribution in [2.75, 3.05) is 20.3 Å². The Kier molecular flexibility index (Phi) is 14.3. The van der Waals surface area contributed by atoms with Crippen molar-refractivity contribution in [1.82, 2.24) is 10.6 Å². The molecule has 3 aromatic rings. The van der Waals surface area contributed by atoms with Gasteiger partial charge < -0.3 is 28.8 Å². The third-order valence-electron chi connectivity index (χ3n) is 8.24. The Morgan fingerprint density at radius 2 is 1.43 bits per heavy atom. The van der Waals surface area contributed by atoms with Gasteiger partial charge in [0.2, 0.25) is 5.96 Å². The van der Waals surface area contributed by atoms with Crippen LogP contribution in [-0.4, -0.2) is 72.9 Å². The molecule has 0 aromatic heterocycles. The van der Waals surface area contributed by atoms with E-state index in [4.69, 9.17) is 23.7 Å². The van der Waals surface area contributed by atoms with E-state index in [1.165, 1.54) is 7.11 Å². The molecule has 3 unspecified atom stereocenters. The molecule has 3 atom stereocenters. The number of aliphatic hydroxyl groups excluding tert-OH is 1. The lowest BCUT2D eigenvalue weighted by molar-refractivity contribution is 0.0118. The minimum atomic E-state index is -0.750. The number of alkyl carbamates (subject to hydrolysis) is 2. The Morgan fingerprint density at radius 3 is 2.04 bits per heavy atom. The van der Waals surface area contributed by atoms with Gasteiger partial charge in [0.1, 0.15) is 28.8 Å². The van der Waals surface area contributed by atoms with Gasteiger partial charge in [-0.05, 0) is 120 Å². The van der Waals surface area contributed by atoms with Gasteiger partial charge in [-0.2, -0.15) is 0 Å². The molecule has 286 valence electrons. The molecular formula is C41H53N3O9. The summed E-state index contributed by atoms with van der Waals surface area (Å²) in [7, 11) is 1.37. The largest absolute Gasteiger partial charge is 0.493 e. The summed E-state index contributed by atoms with van der Waals surface area (Å²) >= 11 is 0. The molecule has 0 saturated heterocycles. The van der Waals surface area contributed by atoms with Crippen molar-refractivity contribution in [1.29, 1.82) is 0 Å². The van der Waals surface area contributed by atoms with Crippen LogP contribution in [0.25, 0.3) is 0 Å². The van der Waals surface area contributed by atoms with Crippen LogP contribution in [0.3, 0.4) is 0 Å². The third kappa shape index (κ3) is 13.8. The first-order valence-corrected chi connectivity index (χ1v) is 18.0. The Morgan fingerprint density at radius 1 is 0.830 bits per heavy atom. The first-order valence-electron chi connectivity index (χ1n) is 18.0. The highest BCUT2D eigenvalue weighted by atomic mass is 16.6. The second kappa shape index (κ2) is 18.6. The third-order valence-corrected chi connectivity index (χ3v) is 8.24. The number of hydrogen-bond acceptors (Lipinski definition) is 10. The predicted octanol–water partition coefficient (Wildman–Crippen LogP) is 7.12. The van der Waals surface area contributed by atoms with Crippen LogP contribution in [0.1, 0.15) is 93.8 Å². The number of rotatable bonds is 10. The number of esters is 1. The quantitative estimate of drug-likeness (QED) is 0.0856. The number of carbonyl (C=O) groups excluding carboxylic acids is 3. The fraction of sp³-hybridized carbons (Fsp3) is 0.463. The van der Waals surface area contributed by atoms with Crippen LogP contribution in [-0.2, 0) is 27.1 Å². The van der Waals surface area contributed by atoms with Crippen LogP contribution in [0.5, 0.6) is 11.5 Å². The van der Waals surface area contributed by atoms with E-state index in [9.17, 15) is 19.5 Å². The molecule has 2 amide bonds. The number of carbonyl (C=O) groups is 3. The Balaban J connectivity index is 1.31. The molecule has 0 spiro atoms. The molecule has 1 aliphatic heterocycles. The van der Waals surface area contributed by atoms with Gasteiger partial charge in [0.05, 0.1) is 25.4 Å². The minimum absolute atomic E-state index is 0.0722. The van der Waals surface area contributed by atoms with Crippen LogP contribution >= 0.6 is 0 Å². The van der Waals surface area contributed by atoms with Crippen molar-refractivity contribution in [3.8, 4) is 11.5 Å². The molecule has 0 radical (unpaired) electrons. The number of benzene rings is 3. The van der Waals surface area contributed by atoms with Gasteiger partial charge in [0.25, 0.3) is 0 Å². The average molecular weight is 732 g/mol. The molecule has 12 nitrogen and oxygen atoms in total. The van der Waals surface area contributed by atoms with E-state index in [2.05, 4.69) is 21.7 Å². The molecule has 0 fully saturated rings. The molecule has 53 heavy (non-hydrogen) atoms. The number of fused-ring (bicyclic) bond motifs is 1. The SMILES string of the molecule is COC(=O)c1ccc(CC2CCC(O)C(CCOc3ccc(CCN=C(NC(=O)OC(C)(C)C)NC(=O)OC(C)(C)C)cc3)Oc3ccccc32)cc1. The summed E-state index contributed by atoms with van der Waals surface area (Å²) in [6, 6.07) is 23.0. The molecule has 4 rings (SSSR count). The van der Waals surface area contributed by atoms with E-state index in [-0.39, 0.29) is 24.4 Å². The van der Waals surface area contributed by atoms with Gasteiger partial charge in [-0.3, -0.25) is 15.6 Å². The zero-order chi connectivity index (χ0) is 38.6. The number of guanidine groups is 1. The predicted molar refractivity (Wildman–Crippen MR) is 202 cm³/mol. The van der Waals surface area contributed by atoms with Crippen LogP contribution in [0.2, 0.25) is 0 Å². The molecule has 1 heterocycles. The number of aliphatic imine (C=N–C) groups is 1. The fourth-order valence-corrected chi connectivity index (χ4v) is 5.78. The van der Waals surface area contributed by atoms with Gasteiger partial charge >= 0.3 is 18.2 Å². The molecule has 0 aliphatic carbocycles. The summed E-state index contributed by atoms with van der Waals surface area (Å²) in [6.07, 6.45) is 0.506. The van der Waals surface area contributed by atoms with E-state index < -0.39 is 35.6 Å². The van der Waals surface area contributed by atoms with E-state index in [1.54, 1.807) is 53.7 Å². The molecule has 0 saturated carbocycles. The van der Waals surface area contributed by atoms with Gasteiger partial charge in [0, 0.05) is 13.0 Å². The smallest absolute Gasteiger partial charge is 0.414 e. The second-order valence-corrected chi connectivity index (χ2v) is 14.9. The summed E-state index contributed by atoms with van der Waals surface area (Å²) in [5.74, 6) is 1.13. The molecule has 3 N–H and O–H groups in total. The van der Waals surface area contributed by atoms with E-state index >= 15 is 0 Å². The average Bonchev–Trinajstić information content (AvgIpc) is 3.08. The number of nitrogens with one attached hydrogen (secondary N) is 2. The summed E-state index contributed by atoms with van der Waals surface area (Å²) in [5, 5.41) is 16.1. The van der Waals surface area contributed by atoms with Crippen LogP contribution in [0.4, 0.5) is 9.59 Å². The fourth-order valence-electron chi connectivity index (χ4n) is 5.78. The van der Waals surface area contributed by atoms with Crippen LogP contribution in [0, 0.1) is 0 Å². The molecular weight excluding hydrogens is 678 g/mol. The highest BCUT2D eigenvalue weighted by Crippen LogP contribution is 2.37. The zero-order valence-electron chi connectivity index (χ0n) is 31.8. The first-order chi connectivity index (χ1) is 25.1. The molecule has 1 aliphatic rings. The van der Waals surface area contributed by atoms with Gasteiger partial charge in [-0.15, -0.1) is 0 Å². The van der Waals surface area contributed by atoms with Crippen molar-refractivity contribution in [3.63, 3.8) is 0 Å². The van der Waals surface area contributed by atoms with Crippen molar-refractivity contribution in [2.45, 2.75) is 103 Å². The maximum atomic E-state index is 12.4. The first kappa shape index (κ1) is 40.7. The summed E-state index contributed by atoms with van der Waals surface area (Å²) < 4.78 is 27.9. The number of nitrogens with zero attached hydrogens (tertiary/aromatic N) is 1. The van der Waals surface area contributed by atoms with Crippen molar-refractivity contribution < 1.29 is 43.2 Å². The number of para-hydroxylation sites is 1. The number of methoxy groups -OCH3 is 1. The number of aliphatic hydroxyl groups is 1. The van der Waals surface area contributed by atoms with Gasteiger partial charge in [0.15, 0.2) is 0 Å². The lowest BCUT2D eigenvalue weighted by atomic mass is 9.85. The zero-order valence-corrected chi connectivity index (χ0v) is 31.8. The van der Waals surface area contributed by atoms with Gasteiger partial charge in [-0.1, -0.05) is 42.5 Å². The van der Waals surface area contributed by atoms with Gasteiger partial charge in [-0.25, -0.2) is 14.4 Å². The topological polar surface area (TPSA) is 154 Å². The van der Waals surface area contributed by atoms with E-state index in [1.807, 2.05) is 54.6 Å². The molecule has 0 bridgehead atoms. The number of ether oxygens (including phenoxy) is 5. The monoisotopic (exact) mass is 731 g/mol. The Labute approximate surface area is 312 Å². The summed E-state index contributed by atoms with van der Waals surface area (Å²) in [4.78, 5) is 40.9. The van der Waals surface area contributed by atoms with Crippen molar-refractivity contribution >= 4 is 24.1 Å². The summed E-state index contributed by atoms with van der Waals surface area (Å²) in [5.41, 5.74) is 2.20. The minimum Gasteiger partial charge on any atom is -0.493 e. The van der Waals surface area contributed by atoms with E-state index in [0.29, 0.717) is 37.2 Å². The maximum absolute atomic E-state index is 12.4. The van der Waals surface area contributed by atoms with Crippen LogP contribution in [0.15, 0.2) is 77.8 Å². The standard InChI is InChI=1S/C41H53N3O9/c1-40(2,3)52-38(47)43-37(44-39(48)53-41(4,5)6)42-24-22-27-14-19-31(20-15-27)50-25-23-35-33(45)21-18-30(32-10-8-9-11-34(32)51-35)26-28-12-16-29(17-13-28)36(46)49-7/h8-17,19-20,30,33,35,45H,18,21-26H2,1-7H3,(H2,42,43,44,47,48). The highest BCUT2D eigenvalue weighted by Gasteiger charge is 2.29. The Hall–Kier alpha value is -5.10. The van der Waals surface area contributed by atoms with Crippen LogP contribution < -0.4 is 20.1 Å². The lowest BCUT2D eigenvalue weighted by Gasteiger charge is -2.31. The highest BCUT2D eigenvalue weighted by molar-refractivity contribution is 6.01. The molecule has 3 aromatic carbocycles. The number of hydrogen-bond donors (Lipinski definition) is 3. The van der Waals surface area contributed by atoms with Crippen molar-refractivity contribution in [2.24, 2.45) is 4.99 Å². The normalized spacial score (nSPS) is 17.1. The maximum Gasteiger partial charge on any atom is 0.414 e. The van der Waals surface area contributed by atoms with Crippen molar-refractivity contribution in [3.05, 3.63) is 95.1 Å². The Bertz CT molecular complexity index is 1660.